The predicted octanol–water partition coefficient (Wildman–Crippen LogP) is 3.29. The summed E-state index contributed by atoms with van der Waals surface area (Å²) in [5, 5.41) is 9.30. The lowest BCUT2D eigenvalue weighted by Gasteiger charge is -2.29. The van der Waals surface area contributed by atoms with E-state index in [9.17, 15) is 4.79 Å². The third-order valence-electron chi connectivity index (χ3n) is 3.69. The Morgan fingerprint density at radius 1 is 1.07 bits per heavy atom. The Bertz CT molecular complexity index is 688. The van der Waals surface area contributed by atoms with E-state index in [-0.39, 0.29) is 24.0 Å². The fourth-order valence-corrected chi connectivity index (χ4v) is 2.42. The van der Waals surface area contributed by atoms with Crippen LogP contribution in [0.4, 0.5) is 4.79 Å². The van der Waals surface area contributed by atoms with Gasteiger partial charge < -0.3 is 30.2 Å². The zero-order chi connectivity index (χ0) is 21.4. The topological polar surface area (TPSA) is 93.2 Å². The van der Waals surface area contributed by atoms with Crippen molar-refractivity contribution in [3.8, 4) is 11.5 Å². The number of nitrogens with one attached hydrogen (secondary N) is 3. The van der Waals surface area contributed by atoms with Gasteiger partial charge in [-0.1, -0.05) is 12.1 Å². The summed E-state index contributed by atoms with van der Waals surface area (Å²) in [7, 11) is 4.90. The SMILES string of the molecule is CN=C(NCc1cccc(OC)c1OC)NCC(C)(C)NC(=O)OC(C)(C)C.I. The summed E-state index contributed by atoms with van der Waals surface area (Å²) >= 11 is 0. The number of carbonyl (C=O) groups is 1. The van der Waals surface area contributed by atoms with Crippen LogP contribution in [0, 0.1) is 0 Å². The number of amides is 1. The van der Waals surface area contributed by atoms with Gasteiger partial charge in [-0.2, -0.15) is 0 Å². The highest BCUT2D eigenvalue weighted by atomic mass is 127. The molecule has 0 unspecified atom stereocenters. The predicted molar refractivity (Wildman–Crippen MR) is 127 cm³/mol. The number of halogens is 1. The maximum absolute atomic E-state index is 12.0. The van der Waals surface area contributed by atoms with Crippen molar-refractivity contribution in [2.75, 3.05) is 27.8 Å². The number of guanidine groups is 1. The van der Waals surface area contributed by atoms with Gasteiger partial charge in [0.15, 0.2) is 17.5 Å². The number of alkyl carbamates (subject to hydrolysis) is 1. The first-order valence-corrected chi connectivity index (χ1v) is 9.17. The van der Waals surface area contributed by atoms with Crippen molar-refractivity contribution in [3.05, 3.63) is 23.8 Å². The number of para-hydroxylation sites is 1. The number of ether oxygens (including phenoxy) is 3. The van der Waals surface area contributed by atoms with Crippen molar-refractivity contribution in [1.29, 1.82) is 0 Å². The molecule has 0 aromatic heterocycles. The molecule has 166 valence electrons. The quantitative estimate of drug-likeness (QED) is 0.289. The van der Waals surface area contributed by atoms with E-state index in [1.807, 2.05) is 52.8 Å². The third-order valence-corrected chi connectivity index (χ3v) is 3.69. The van der Waals surface area contributed by atoms with E-state index in [4.69, 9.17) is 14.2 Å². The molecule has 0 aliphatic carbocycles. The van der Waals surface area contributed by atoms with Gasteiger partial charge in [-0.15, -0.1) is 24.0 Å². The third kappa shape index (κ3) is 9.91. The van der Waals surface area contributed by atoms with Crippen LogP contribution in [0.2, 0.25) is 0 Å². The van der Waals surface area contributed by atoms with E-state index in [0.29, 0.717) is 30.5 Å². The van der Waals surface area contributed by atoms with Crippen molar-refractivity contribution in [2.45, 2.75) is 52.3 Å². The summed E-state index contributed by atoms with van der Waals surface area (Å²) in [6.07, 6.45) is -0.455. The van der Waals surface area contributed by atoms with Gasteiger partial charge in [0.2, 0.25) is 0 Å². The highest BCUT2D eigenvalue weighted by Gasteiger charge is 2.24. The highest BCUT2D eigenvalue weighted by molar-refractivity contribution is 14.0. The van der Waals surface area contributed by atoms with Crippen molar-refractivity contribution >= 4 is 36.0 Å². The van der Waals surface area contributed by atoms with Crippen LogP contribution in [-0.4, -0.2) is 51.0 Å². The van der Waals surface area contributed by atoms with Crippen LogP contribution in [0.1, 0.15) is 40.2 Å². The average molecular weight is 522 g/mol. The second-order valence-corrected chi connectivity index (χ2v) is 7.94. The van der Waals surface area contributed by atoms with Crippen LogP contribution in [0.3, 0.4) is 0 Å². The van der Waals surface area contributed by atoms with Crippen LogP contribution < -0.4 is 25.4 Å². The van der Waals surface area contributed by atoms with E-state index >= 15 is 0 Å². The Morgan fingerprint density at radius 2 is 1.72 bits per heavy atom. The van der Waals surface area contributed by atoms with Gasteiger partial charge in [0.25, 0.3) is 0 Å². The molecule has 3 N–H and O–H groups in total. The van der Waals surface area contributed by atoms with Gasteiger partial charge in [-0.3, -0.25) is 4.99 Å². The van der Waals surface area contributed by atoms with Gasteiger partial charge in [0.05, 0.1) is 19.8 Å². The maximum atomic E-state index is 12.0. The second kappa shape index (κ2) is 11.9. The van der Waals surface area contributed by atoms with Crippen molar-refractivity contribution < 1.29 is 19.0 Å². The number of rotatable bonds is 7. The van der Waals surface area contributed by atoms with Gasteiger partial charge in [0.1, 0.15) is 5.60 Å². The molecule has 0 saturated carbocycles. The molecule has 0 bridgehead atoms. The molecular formula is C20H35IN4O4. The molecule has 1 amide bonds. The van der Waals surface area contributed by atoms with Crippen molar-refractivity contribution in [1.82, 2.24) is 16.0 Å². The molecule has 1 aromatic carbocycles. The molecule has 1 aromatic rings. The molecule has 8 nitrogen and oxygen atoms in total. The zero-order valence-corrected chi connectivity index (χ0v) is 21.0. The smallest absolute Gasteiger partial charge is 0.408 e. The lowest BCUT2D eigenvalue weighted by atomic mass is 10.1. The number of hydrogen-bond donors (Lipinski definition) is 3. The minimum Gasteiger partial charge on any atom is -0.493 e. The first-order valence-electron chi connectivity index (χ1n) is 9.17. The van der Waals surface area contributed by atoms with E-state index in [1.54, 1.807) is 21.3 Å². The van der Waals surface area contributed by atoms with E-state index in [1.165, 1.54) is 0 Å². The van der Waals surface area contributed by atoms with Gasteiger partial charge in [0, 0.05) is 25.7 Å². The molecule has 0 atom stereocenters. The largest absolute Gasteiger partial charge is 0.493 e. The molecule has 0 fully saturated rings. The van der Waals surface area contributed by atoms with Crippen LogP contribution in [0.15, 0.2) is 23.2 Å². The standard InChI is InChI=1S/C20H34N4O4.HI/c1-19(2,3)28-18(25)24-20(4,5)13-23-17(21-6)22-12-14-10-9-11-15(26-7)16(14)27-8;/h9-11H,12-13H2,1-8H3,(H,24,25)(H2,21,22,23);1H. The van der Waals surface area contributed by atoms with E-state index < -0.39 is 17.2 Å². The minimum atomic E-state index is -0.541. The Morgan fingerprint density at radius 3 is 2.24 bits per heavy atom. The summed E-state index contributed by atoms with van der Waals surface area (Å²) < 4.78 is 16.1. The molecule has 0 aliphatic heterocycles. The number of carbonyl (C=O) groups excluding carboxylic acids is 1. The molecular weight excluding hydrogens is 487 g/mol. The lowest BCUT2D eigenvalue weighted by Crippen LogP contribution is -2.54. The van der Waals surface area contributed by atoms with Crippen LogP contribution >= 0.6 is 24.0 Å². The Kier molecular flexibility index (Phi) is 11.2. The highest BCUT2D eigenvalue weighted by Crippen LogP contribution is 2.30. The van der Waals surface area contributed by atoms with Gasteiger partial charge in [-0.25, -0.2) is 4.79 Å². The summed E-state index contributed by atoms with van der Waals surface area (Å²) in [5.41, 5.74) is -0.134. The fraction of sp³-hybridized carbons (Fsp3) is 0.600. The number of hydrogen-bond acceptors (Lipinski definition) is 5. The van der Waals surface area contributed by atoms with Crippen LogP contribution in [0.5, 0.6) is 11.5 Å². The molecule has 0 heterocycles. The second-order valence-electron chi connectivity index (χ2n) is 7.94. The molecule has 9 heteroatoms. The normalized spacial score (nSPS) is 11.8. The van der Waals surface area contributed by atoms with Crippen molar-refractivity contribution in [2.24, 2.45) is 4.99 Å². The first kappa shape index (κ1) is 27.1. The van der Waals surface area contributed by atoms with Crippen molar-refractivity contribution in [3.63, 3.8) is 0 Å². The number of benzene rings is 1. The average Bonchev–Trinajstić information content (AvgIpc) is 2.59. The van der Waals surface area contributed by atoms with E-state index in [0.717, 1.165) is 5.56 Å². The molecule has 29 heavy (non-hydrogen) atoms. The van der Waals surface area contributed by atoms with Crippen LogP contribution in [-0.2, 0) is 11.3 Å². The summed E-state index contributed by atoms with van der Waals surface area (Å²) in [5.74, 6) is 1.95. The Labute approximate surface area is 191 Å². The molecule has 0 radical (unpaired) electrons. The fourth-order valence-electron chi connectivity index (χ4n) is 2.42. The summed E-state index contributed by atoms with van der Waals surface area (Å²) in [4.78, 5) is 16.2. The molecule has 0 spiro atoms. The maximum Gasteiger partial charge on any atom is 0.408 e. The minimum absolute atomic E-state index is 0. The Balaban J connectivity index is 0.00000784. The number of nitrogens with zero attached hydrogens (tertiary/aromatic N) is 1. The molecule has 0 saturated heterocycles. The Hall–Kier alpha value is -1.91. The van der Waals surface area contributed by atoms with Gasteiger partial charge in [-0.05, 0) is 40.7 Å². The van der Waals surface area contributed by atoms with Crippen LogP contribution in [0.25, 0.3) is 0 Å². The van der Waals surface area contributed by atoms with E-state index in [2.05, 4.69) is 20.9 Å². The monoisotopic (exact) mass is 522 g/mol. The lowest BCUT2D eigenvalue weighted by molar-refractivity contribution is 0.0474. The number of methoxy groups -OCH3 is 2. The molecule has 1 rings (SSSR count). The number of aliphatic imine (C=N–C) groups is 1. The zero-order valence-electron chi connectivity index (χ0n) is 18.6. The van der Waals surface area contributed by atoms with Gasteiger partial charge >= 0.3 is 6.09 Å². The first-order chi connectivity index (χ1) is 13.0. The summed E-state index contributed by atoms with van der Waals surface area (Å²) in [6.45, 7) is 10.3. The molecule has 0 aliphatic rings. The summed E-state index contributed by atoms with van der Waals surface area (Å²) in [6, 6.07) is 5.71.